The molecule has 0 bridgehead atoms. The molecular weight excluding hydrogens is 356 g/mol. The molecule has 0 aliphatic carbocycles. The number of nitrogens with one attached hydrogen (secondary N) is 2. The molecule has 0 unspecified atom stereocenters. The monoisotopic (exact) mass is 374 g/mol. The van der Waals surface area contributed by atoms with Gasteiger partial charge in [-0.1, -0.05) is 12.1 Å². The van der Waals surface area contributed by atoms with Crippen molar-refractivity contribution in [1.29, 1.82) is 0 Å². The highest BCUT2D eigenvalue weighted by Gasteiger charge is 2.09. The third-order valence-corrected chi connectivity index (χ3v) is 3.97. The number of pyridine rings is 1. The van der Waals surface area contributed by atoms with E-state index in [-0.39, 0.29) is 11.8 Å². The van der Waals surface area contributed by atoms with E-state index in [2.05, 4.69) is 15.6 Å². The maximum atomic E-state index is 12.5. The minimum Gasteiger partial charge on any atom is -0.366 e. The second-order valence-electron chi connectivity index (χ2n) is 6.12. The molecule has 1 heterocycles. The van der Waals surface area contributed by atoms with Crippen LogP contribution in [0.25, 0.3) is 11.1 Å². The number of hydrogen-bond donors (Lipinski definition) is 3. The first-order valence-electron chi connectivity index (χ1n) is 8.46. The smallest absolute Gasteiger partial charge is 0.257 e. The molecule has 0 atom stereocenters. The number of rotatable bonds is 5. The minimum absolute atomic E-state index is 0.163. The lowest BCUT2D eigenvalue weighted by atomic mass is 10.0. The number of carbonyl (C=O) groups is 3. The molecule has 3 amide bonds. The number of carbonyl (C=O) groups excluding carboxylic acids is 3. The second-order valence-corrected chi connectivity index (χ2v) is 6.12. The molecule has 2 aromatic carbocycles. The highest BCUT2D eigenvalue weighted by atomic mass is 16.2. The Kier molecular flexibility index (Phi) is 5.45. The van der Waals surface area contributed by atoms with Gasteiger partial charge in [0.2, 0.25) is 11.8 Å². The fourth-order valence-corrected chi connectivity index (χ4v) is 2.59. The van der Waals surface area contributed by atoms with Crippen LogP contribution >= 0.6 is 0 Å². The molecular formula is C21H18N4O3. The van der Waals surface area contributed by atoms with Gasteiger partial charge < -0.3 is 16.4 Å². The Morgan fingerprint density at radius 1 is 0.786 bits per heavy atom. The first kappa shape index (κ1) is 18.8. The van der Waals surface area contributed by atoms with Gasteiger partial charge in [0, 0.05) is 41.8 Å². The van der Waals surface area contributed by atoms with Crippen LogP contribution in [0.3, 0.4) is 0 Å². The van der Waals surface area contributed by atoms with Gasteiger partial charge >= 0.3 is 0 Å². The van der Waals surface area contributed by atoms with Crippen molar-refractivity contribution in [2.75, 3.05) is 10.6 Å². The quantitative estimate of drug-likeness (QED) is 0.637. The lowest BCUT2D eigenvalue weighted by molar-refractivity contribution is -0.114. The fraction of sp³-hybridized carbons (Fsp3) is 0.0476. The summed E-state index contributed by atoms with van der Waals surface area (Å²) >= 11 is 0. The number of nitrogens with two attached hydrogens (primary N) is 1. The van der Waals surface area contributed by atoms with E-state index in [0.29, 0.717) is 22.5 Å². The summed E-state index contributed by atoms with van der Waals surface area (Å²) in [5, 5.41) is 5.45. The normalized spacial score (nSPS) is 10.2. The second kappa shape index (κ2) is 8.13. The zero-order valence-electron chi connectivity index (χ0n) is 15.1. The molecule has 3 rings (SSSR count). The zero-order chi connectivity index (χ0) is 20.1. The number of hydrogen-bond acceptors (Lipinski definition) is 4. The lowest BCUT2D eigenvalue weighted by Crippen LogP contribution is -2.12. The Morgan fingerprint density at radius 3 is 1.96 bits per heavy atom. The van der Waals surface area contributed by atoms with Crippen LogP contribution in [-0.4, -0.2) is 22.7 Å². The van der Waals surface area contributed by atoms with E-state index in [0.717, 1.165) is 11.1 Å². The largest absolute Gasteiger partial charge is 0.366 e. The van der Waals surface area contributed by atoms with Gasteiger partial charge in [0.25, 0.3) is 5.91 Å². The van der Waals surface area contributed by atoms with Crippen molar-refractivity contribution in [2.45, 2.75) is 6.92 Å². The standard InChI is InChI=1S/C21H18N4O3/c1-13(26)24-18-6-8-19(9-7-18)25-21(28)17-10-16(11-23-12-17)14-2-4-15(5-3-14)20(22)27/h2-12H,1H3,(H2,22,27)(H,24,26)(H,25,28). The van der Waals surface area contributed by atoms with Crippen LogP contribution in [0.1, 0.15) is 27.6 Å². The molecule has 0 saturated heterocycles. The summed E-state index contributed by atoms with van der Waals surface area (Å²) in [6, 6.07) is 15.3. The third-order valence-electron chi connectivity index (χ3n) is 3.97. The van der Waals surface area contributed by atoms with Crippen molar-refractivity contribution in [3.05, 3.63) is 78.1 Å². The van der Waals surface area contributed by atoms with Crippen LogP contribution in [0.5, 0.6) is 0 Å². The summed E-state index contributed by atoms with van der Waals surface area (Å²) in [4.78, 5) is 38.9. The van der Waals surface area contributed by atoms with Crippen LogP contribution in [-0.2, 0) is 4.79 Å². The first-order chi connectivity index (χ1) is 13.4. The van der Waals surface area contributed by atoms with Crippen molar-refractivity contribution >= 4 is 29.1 Å². The summed E-state index contributed by atoms with van der Waals surface area (Å²) < 4.78 is 0. The Labute approximate surface area is 161 Å². The molecule has 140 valence electrons. The topological polar surface area (TPSA) is 114 Å². The van der Waals surface area contributed by atoms with E-state index in [9.17, 15) is 14.4 Å². The van der Waals surface area contributed by atoms with E-state index in [1.807, 2.05) is 0 Å². The first-order valence-corrected chi connectivity index (χ1v) is 8.46. The highest BCUT2D eigenvalue weighted by Crippen LogP contribution is 2.21. The van der Waals surface area contributed by atoms with Gasteiger partial charge in [-0.2, -0.15) is 0 Å². The number of benzene rings is 2. The Morgan fingerprint density at radius 2 is 1.39 bits per heavy atom. The number of nitrogens with zero attached hydrogens (tertiary/aromatic N) is 1. The van der Waals surface area contributed by atoms with Gasteiger partial charge in [0.15, 0.2) is 0 Å². The van der Waals surface area contributed by atoms with Crippen molar-refractivity contribution in [2.24, 2.45) is 5.73 Å². The van der Waals surface area contributed by atoms with E-state index < -0.39 is 5.91 Å². The van der Waals surface area contributed by atoms with E-state index in [1.165, 1.54) is 13.1 Å². The Balaban J connectivity index is 1.75. The minimum atomic E-state index is -0.498. The average Bonchev–Trinajstić information content (AvgIpc) is 2.69. The predicted octanol–water partition coefficient (Wildman–Crippen LogP) is 3.06. The van der Waals surface area contributed by atoms with Crippen LogP contribution in [0.2, 0.25) is 0 Å². The number of primary amides is 1. The Hall–Kier alpha value is -4.00. The van der Waals surface area contributed by atoms with Gasteiger partial charge in [-0.05, 0) is 48.0 Å². The summed E-state index contributed by atoms with van der Waals surface area (Å²) in [5.74, 6) is -0.971. The summed E-state index contributed by atoms with van der Waals surface area (Å²) in [6.45, 7) is 1.43. The molecule has 1 aromatic heterocycles. The maximum Gasteiger partial charge on any atom is 0.257 e. The number of amides is 3. The third kappa shape index (κ3) is 4.59. The van der Waals surface area contributed by atoms with Crippen molar-refractivity contribution in [1.82, 2.24) is 4.98 Å². The SMILES string of the molecule is CC(=O)Nc1ccc(NC(=O)c2cncc(-c3ccc(C(N)=O)cc3)c2)cc1. The van der Waals surface area contributed by atoms with Crippen molar-refractivity contribution in [3.63, 3.8) is 0 Å². The maximum absolute atomic E-state index is 12.5. The predicted molar refractivity (Wildman–Crippen MR) is 107 cm³/mol. The van der Waals surface area contributed by atoms with Gasteiger partial charge in [0.1, 0.15) is 0 Å². The summed E-state index contributed by atoms with van der Waals surface area (Å²) in [5.41, 5.74) is 8.84. The Bertz CT molecular complexity index is 1030. The molecule has 0 spiro atoms. The van der Waals surface area contributed by atoms with Gasteiger partial charge in [0.05, 0.1) is 5.56 Å². The summed E-state index contributed by atoms with van der Waals surface area (Å²) in [6.07, 6.45) is 3.11. The van der Waals surface area contributed by atoms with Crippen LogP contribution in [0, 0.1) is 0 Å². The zero-order valence-corrected chi connectivity index (χ0v) is 15.1. The molecule has 0 fully saturated rings. The fourth-order valence-electron chi connectivity index (χ4n) is 2.59. The molecule has 28 heavy (non-hydrogen) atoms. The average molecular weight is 374 g/mol. The van der Waals surface area contributed by atoms with Gasteiger partial charge in [-0.3, -0.25) is 19.4 Å². The molecule has 4 N–H and O–H groups in total. The van der Waals surface area contributed by atoms with Crippen molar-refractivity contribution in [3.8, 4) is 11.1 Å². The molecule has 0 radical (unpaired) electrons. The molecule has 0 aliphatic heterocycles. The number of anilines is 2. The van der Waals surface area contributed by atoms with Crippen LogP contribution < -0.4 is 16.4 Å². The van der Waals surface area contributed by atoms with E-state index in [1.54, 1.807) is 60.8 Å². The van der Waals surface area contributed by atoms with E-state index in [4.69, 9.17) is 5.73 Å². The van der Waals surface area contributed by atoms with Gasteiger partial charge in [-0.25, -0.2) is 0 Å². The molecule has 7 heteroatoms. The molecule has 0 aliphatic rings. The van der Waals surface area contributed by atoms with E-state index >= 15 is 0 Å². The van der Waals surface area contributed by atoms with Crippen molar-refractivity contribution < 1.29 is 14.4 Å². The molecule has 0 saturated carbocycles. The number of aromatic nitrogens is 1. The van der Waals surface area contributed by atoms with Crippen LogP contribution in [0.15, 0.2) is 67.0 Å². The van der Waals surface area contributed by atoms with Gasteiger partial charge in [-0.15, -0.1) is 0 Å². The lowest BCUT2D eigenvalue weighted by Gasteiger charge is -2.08. The molecule has 3 aromatic rings. The van der Waals surface area contributed by atoms with Crippen LogP contribution in [0.4, 0.5) is 11.4 Å². The highest BCUT2D eigenvalue weighted by molar-refractivity contribution is 6.05. The molecule has 7 nitrogen and oxygen atoms in total. The summed E-state index contributed by atoms with van der Waals surface area (Å²) in [7, 11) is 0.